The SMILES string of the molecule is Cc1cccc(CNc2c(C)cccc2C#N)c1. The molecule has 0 amide bonds. The van der Waals surface area contributed by atoms with E-state index in [0.29, 0.717) is 5.56 Å². The second kappa shape index (κ2) is 5.37. The molecule has 1 N–H and O–H groups in total. The van der Waals surface area contributed by atoms with Gasteiger partial charge in [-0.2, -0.15) is 5.26 Å². The van der Waals surface area contributed by atoms with Crippen LogP contribution in [0, 0.1) is 25.2 Å². The summed E-state index contributed by atoms with van der Waals surface area (Å²) in [6, 6.07) is 16.4. The van der Waals surface area contributed by atoms with Gasteiger partial charge in [0.1, 0.15) is 6.07 Å². The van der Waals surface area contributed by atoms with Crippen molar-refractivity contribution in [3.05, 3.63) is 64.7 Å². The van der Waals surface area contributed by atoms with Gasteiger partial charge in [0.25, 0.3) is 0 Å². The van der Waals surface area contributed by atoms with Crippen molar-refractivity contribution in [2.24, 2.45) is 0 Å². The minimum absolute atomic E-state index is 0.697. The van der Waals surface area contributed by atoms with Gasteiger partial charge >= 0.3 is 0 Å². The molecule has 0 aliphatic carbocycles. The van der Waals surface area contributed by atoms with Crippen LogP contribution in [0.3, 0.4) is 0 Å². The van der Waals surface area contributed by atoms with Gasteiger partial charge in [-0.15, -0.1) is 0 Å². The summed E-state index contributed by atoms with van der Waals surface area (Å²) in [5.41, 5.74) is 5.20. The highest BCUT2D eigenvalue weighted by Gasteiger charge is 2.04. The van der Waals surface area contributed by atoms with Crippen molar-refractivity contribution in [1.82, 2.24) is 0 Å². The maximum Gasteiger partial charge on any atom is 0.101 e. The van der Waals surface area contributed by atoms with Gasteiger partial charge in [0.15, 0.2) is 0 Å². The first-order valence-corrected chi connectivity index (χ1v) is 6.00. The van der Waals surface area contributed by atoms with E-state index in [2.05, 4.69) is 42.6 Å². The molecule has 0 aliphatic rings. The van der Waals surface area contributed by atoms with Crippen LogP contribution in [0.1, 0.15) is 22.3 Å². The van der Waals surface area contributed by atoms with Gasteiger partial charge in [-0.3, -0.25) is 0 Å². The summed E-state index contributed by atoms with van der Waals surface area (Å²) in [4.78, 5) is 0. The molecule has 0 unspecified atom stereocenters. The lowest BCUT2D eigenvalue weighted by Crippen LogP contribution is -2.03. The Labute approximate surface area is 108 Å². The summed E-state index contributed by atoms with van der Waals surface area (Å²) >= 11 is 0. The van der Waals surface area contributed by atoms with Gasteiger partial charge in [0, 0.05) is 6.54 Å². The molecule has 0 atom stereocenters. The third-order valence-corrected chi connectivity index (χ3v) is 2.95. The van der Waals surface area contributed by atoms with Crippen LogP contribution in [0.25, 0.3) is 0 Å². The number of benzene rings is 2. The summed E-state index contributed by atoms with van der Waals surface area (Å²) in [5.74, 6) is 0. The maximum atomic E-state index is 9.09. The summed E-state index contributed by atoms with van der Waals surface area (Å²) in [5, 5.41) is 12.4. The molecular formula is C16H16N2. The van der Waals surface area contributed by atoms with Crippen molar-refractivity contribution >= 4 is 5.69 Å². The Morgan fingerprint density at radius 2 is 1.89 bits per heavy atom. The van der Waals surface area contributed by atoms with Crippen molar-refractivity contribution in [3.63, 3.8) is 0 Å². The monoisotopic (exact) mass is 236 g/mol. The van der Waals surface area contributed by atoms with E-state index in [-0.39, 0.29) is 0 Å². The Kier molecular flexibility index (Phi) is 3.64. The largest absolute Gasteiger partial charge is 0.380 e. The van der Waals surface area contributed by atoms with Crippen LogP contribution in [0.15, 0.2) is 42.5 Å². The second-order valence-electron chi connectivity index (χ2n) is 4.45. The smallest absolute Gasteiger partial charge is 0.101 e. The molecule has 2 rings (SSSR count). The van der Waals surface area contributed by atoms with Crippen molar-refractivity contribution < 1.29 is 0 Å². The number of nitriles is 1. The summed E-state index contributed by atoms with van der Waals surface area (Å²) in [6.07, 6.45) is 0. The summed E-state index contributed by atoms with van der Waals surface area (Å²) in [7, 11) is 0. The fourth-order valence-corrected chi connectivity index (χ4v) is 2.01. The van der Waals surface area contributed by atoms with E-state index >= 15 is 0 Å². The molecule has 0 saturated heterocycles. The van der Waals surface area contributed by atoms with Gasteiger partial charge in [-0.05, 0) is 31.0 Å². The Bertz CT molecular complexity index is 594. The predicted octanol–water partition coefficient (Wildman–Crippen LogP) is 3.79. The van der Waals surface area contributed by atoms with E-state index in [4.69, 9.17) is 5.26 Å². The average molecular weight is 236 g/mol. The van der Waals surface area contributed by atoms with Gasteiger partial charge < -0.3 is 5.32 Å². The molecule has 0 aromatic heterocycles. The molecule has 2 aromatic rings. The normalized spacial score (nSPS) is 9.83. The molecule has 0 spiro atoms. The molecule has 0 radical (unpaired) electrons. The summed E-state index contributed by atoms with van der Waals surface area (Å²) in [6.45, 7) is 4.83. The first-order chi connectivity index (χ1) is 8.70. The van der Waals surface area contributed by atoms with Crippen LogP contribution < -0.4 is 5.32 Å². The highest BCUT2D eigenvalue weighted by Crippen LogP contribution is 2.20. The van der Waals surface area contributed by atoms with E-state index in [1.54, 1.807) is 0 Å². The van der Waals surface area contributed by atoms with E-state index in [1.165, 1.54) is 11.1 Å². The third kappa shape index (κ3) is 2.70. The minimum atomic E-state index is 0.697. The zero-order chi connectivity index (χ0) is 13.0. The number of anilines is 1. The maximum absolute atomic E-state index is 9.09. The van der Waals surface area contributed by atoms with Crippen LogP contribution in [-0.4, -0.2) is 0 Å². The van der Waals surface area contributed by atoms with Crippen molar-refractivity contribution in [1.29, 1.82) is 5.26 Å². The molecule has 0 bridgehead atoms. The standard InChI is InChI=1S/C16H16N2/c1-12-5-3-7-14(9-12)11-18-16-13(2)6-4-8-15(16)10-17/h3-9,18H,11H2,1-2H3. The average Bonchev–Trinajstić information content (AvgIpc) is 2.37. The van der Waals surface area contributed by atoms with E-state index in [9.17, 15) is 0 Å². The number of rotatable bonds is 3. The highest BCUT2D eigenvalue weighted by molar-refractivity contribution is 5.62. The third-order valence-electron chi connectivity index (χ3n) is 2.95. The lowest BCUT2D eigenvalue weighted by Gasteiger charge is -2.11. The molecule has 18 heavy (non-hydrogen) atoms. The first-order valence-electron chi connectivity index (χ1n) is 6.00. The molecule has 0 heterocycles. The predicted molar refractivity (Wildman–Crippen MR) is 74.4 cm³/mol. The topological polar surface area (TPSA) is 35.8 Å². The molecule has 0 aliphatic heterocycles. The van der Waals surface area contributed by atoms with E-state index in [1.807, 2.05) is 25.1 Å². The number of para-hydroxylation sites is 1. The molecule has 2 heteroatoms. The molecular weight excluding hydrogens is 220 g/mol. The van der Waals surface area contributed by atoms with Crippen molar-refractivity contribution in [2.45, 2.75) is 20.4 Å². The zero-order valence-electron chi connectivity index (χ0n) is 10.7. The number of hydrogen-bond donors (Lipinski definition) is 1. The molecule has 2 nitrogen and oxygen atoms in total. The lowest BCUT2D eigenvalue weighted by atomic mass is 10.1. The Balaban J connectivity index is 2.18. The van der Waals surface area contributed by atoms with Gasteiger partial charge in [0.2, 0.25) is 0 Å². The number of nitrogens with one attached hydrogen (secondary N) is 1. The van der Waals surface area contributed by atoms with E-state index in [0.717, 1.165) is 17.8 Å². The lowest BCUT2D eigenvalue weighted by molar-refractivity contribution is 1.13. The first kappa shape index (κ1) is 12.2. The quantitative estimate of drug-likeness (QED) is 0.880. The fraction of sp³-hybridized carbons (Fsp3) is 0.188. The van der Waals surface area contributed by atoms with Crippen molar-refractivity contribution in [3.8, 4) is 6.07 Å². The van der Waals surface area contributed by atoms with Crippen LogP contribution in [0.2, 0.25) is 0 Å². The number of hydrogen-bond acceptors (Lipinski definition) is 2. The molecule has 90 valence electrons. The number of aryl methyl sites for hydroxylation is 2. The van der Waals surface area contributed by atoms with Crippen LogP contribution in [0.4, 0.5) is 5.69 Å². The number of nitrogens with zero attached hydrogens (tertiary/aromatic N) is 1. The fourth-order valence-electron chi connectivity index (χ4n) is 2.01. The Morgan fingerprint density at radius 1 is 1.11 bits per heavy atom. The van der Waals surface area contributed by atoms with Crippen molar-refractivity contribution in [2.75, 3.05) is 5.32 Å². The molecule has 0 saturated carbocycles. The molecule has 0 fully saturated rings. The minimum Gasteiger partial charge on any atom is -0.380 e. The van der Waals surface area contributed by atoms with Gasteiger partial charge in [0.05, 0.1) is 11.3 Å². The molecule has 2 aromatic carbocycles. The Hall–Kier alpha value is -2.27. The second-order valence-corrected chi connectivity index (χ2v) is 4.45. The zero-order valence-corrected chi connectivity index (χ0v) is 10.7. The highest BCUT2D eigenvalue weighted by atomic mass is 14.9. The van der Waals surface area contributed by atoms with Crippen LogP contribution in [-0.2, 0) is 6.54 Å². The van der Waals surface area contributed by atoms with Gasteiger partial charge in [-0.1, -0.05) is 42.0 Å². The Morgan fingerprint density at radius 3 is 2.61 bits per heavy atom. The van der Waals surface area contributed by atoms with Gasteiger partial charge in [-0.25, -0.2) is 0 Å². The van der Waals surface area contributed by atoms with E-state index < -0.39 is 0 Å². The van der Waals surface area contributed by atoms with Crippen LogP contribution >= 0.6 is 0 Å². The summed E-state index contributed by atoms with van der Waals surface area (Å²) < 4.78 is 0. The van der Waals surface area contributed by atoms with Crippen LogP contribution in [0.5, 0.6) is 0 Å².